The number of rotatable bonds is 3. The highest BCUT2D eigenvalue weighted by Crippen LogP contribution is 2.32. The average molecular weight is 506 g/mol. The Balaban J connectivity index is 1.71. The van der Waals surface area contributed by atoms with E-state index in [2.05, 4.69) is 10.6 Å². The van der Waals surface area contributed by atoms with Gasteiger partial charge in [-0.25, -0.2) is 8.42 Å². The van der Waals surface area contributed by atoms with Gasteiger partial charge in [0.15, 0.2) is 29.6 Å². The van der Waals surface area contributed by atoms with E-state index in [0.29, 0.717) is 17.2 Å². The molecule has 35 heavy (non-hydrogen) atoms. The van der Waals surface area contributed by atoms with Crippen LogP contribution in [0.15, 0.2) is 36.4 Å². The summed E-state index contributed by atoms with van der Waals surface area (Å²) < 4.78 is 48.2. The molecule has 5 rings (SSSR count). The number of methoxy groups -OCH3 is 2. The molecule has 0 spiro atoms. The molecule has 3 aliphatic heterocycles. The van der Waals surface area contributed by atoms with E-state index >= 15 is 0 Å². The highest BCUT2D eigenvalue weighted by molar-refractivity contribution is 7.88. The van der Waals surface area contributed by atoms with E-state index in [1.54, 1.807) is 30.3 Å². The smallest absolute Gasteiger partial charge is 0.258 e. The van der Waals surface area contributed by atoms with Crippen molar-refractivity contribution < 1.29 is 37.0 Å². The Bertz CT molecular complexity index is 1230. The van der Waals surface area contributed by atoms with Crippen LogP contribution in [0.5, 0.6) is 23.0 Å². The zero-order valence-corrected chi connectivity index (χ0v) is 20.4. The van der Waals surface area contributed by atoms with Crippen molar-refractivity contribution in [1.29, 1.82) is 0 Å². The molecular weight excluding hydrogens is 478 g/mol. The molecule has 0 aromatic heterocycles. The van der Waals surface area contributed by atoms with Crippen LogP contribution in [0, 0.1) is 0 Å². The highest BCUT2D eigenvalue weighted by atomic mass is 32.2. The molecule has 4 bridgehead atoms. The van der Waals surface area contributed by atoms with E-state index in [1.807, 2.05) is 0 Å². The van der Waals surface area contributed by atoms with Crippen LogP contribution < -0.4 is 29.6 Å². The van der Waals surface area contributed by atoms with E-state index in [-0.39, 0.29) is 43.5 Å². The normalized spacial score (nSPS) is 21.1. The Morgan fingerprint density at radius 2 is 1.77 bits per heavy atom. The van der Waals surface area contributed by atoms with Crippen molar-refractivity contribution in [2.75, 3.05) is 40.2 Å². The van der Waals surface area contributed by atoms with Crippen molar-refractivity contribution in [3.8, 4) is 23.0 Å². The van der Waals surface area contributed by atoms with E-state index in [0.717, 1.165) is 11.8 Å². The molecule has 1 fully saturated rings. The molecule has 3 heterocycles. The first kappa shape index (κ1) is 24.6. The topological polar surface area (TPSA) is 132 Å². The second-order valence-electron chi connectivity index (χ2n) is 8.23. The molecule has 3 aliphatic rings. The fourth-order valence-electron chi connectivity index (χ4n) is 3.93. The number of hydrogen-bond acceptors (Lipinski definition) is 8. The lowest BCUT2D eigenvalue weighted by Gasteiger charge is -2.22. The van der Waals surface area contributed by atoms with Crippen molar-refractivity contribution in [3.05, 3.63) is 47.5 Å². The Morgan fingerprint density at radius 1 is 1.00 bits per heavy atom. The van der Waals surface area contributed by atoms with Crippen LogP contribution in [0.4, 0.5) is 0 Å². The summed E-state index contributed by atoms with van der Waals surface area (Å²) in [7, 11) is -0.577. The monoisotopic (exact) mass is 505 g/mol. The Morgan fingerprint density at radius 3 is 2.49 bits per heavy atom. The number of carbonyl (C=O) groups excluding carboxylic acids is 2. The Hall–Kier alpha value is -3.51. The van der Waals surface area contributed by atoms with Crippen molar-refractivity contribution in [2.24, 2.45) is 0 Å². The Labute approximate surface area is 203 Å². The summed E-state index contributed by atoms with van der Waals surface area (Å²) in [6.45, 7) is 0.0486. The van der Waals surface area contributed by atoms with Crippen LogP contribution in [0.1, 0.15) is 15.9 Å². The van der Waals surface area contributed by atoms with Gasteiger partial charge in [-0.3, -0.25) is 9.59 Å². The molecule has 0 saturated carbocycles. The minimum atomic E-state index is -3.51. The number of hydrogen-bond donors (Lipinski definition) is 2. The zero-order valence-electron chi connectivity index (χ0n) is 19.6. The van der Waals surface area contributed by atoms with Crippen molar-refractivity contribution >= 4 is 21.8 Å². The van der Waals surface area contributed by atoms with Crippen LogP contribution >= 0.6 is 0 Å². The molecule has 0 unspecified atom stereocenters. The van der Waals surface area contributed by atoms with Crippen molar-refractivity contribution in [1.82, 2.24) is 14.9 Å². The molecule has 2 amide bonds. The van der Waals surface area contributed by atoms with Gasteiger partial charge in [-0.2, -0.15) is 4.31 Å². The number of nitrogens with zero attached hydrogens (tertiary/aromatic N) is 1. The number of nitrogens with one attached hydrogen (secondary N) is 2. The number of carbonyl (C=O) groups is 2. The summed E-state index contributed by atoms with van der Waals surface area (Å²) in [4.78, 5) is 25.4. The summed E-state index contributed by atoms with van der Waals surface area (Å²) >= 11 is 0. The summed E-state index contributed by atoms with van der Waals surface area (Å²) in [5, 5.41) is 5.64. The lowest BCUT2D eigenvalue weighted by molar-refractivity contribution is -0.123. The van der Waals surface area contributed by atoms with Crippen LogP contribution in [-0.4, -0.2) is 76.9 Å². The number of sulfonamides is 1. The van der Waals surface area contributed by atoms with Crippen LogP contribution in [-0.2, 0) is 21.4 Å². The maximum absolute atomic E-state index is 13.1. The van der Waals surface area contributed by atoms with Gasteiger partial charge in [0.25, 0.3) is 11.8 Å². The summed E-state index contributed by atoms with van der Waals surface area (Å²) in [5.41, 5.74) is 1.02. The molecule has 12 heteroatoms. The second kappa shape index (κ2) is 10.0. The third-order valence-electron chi connectivity index (χ3n) is 5.80. The predicted molar refractivity (Wildman–Crippen MR) is 125 cm³/mol. The molecule has 0 radical (unpaired) electrons. The first-order chi connectivity index (χ1) is 16.7. The summed E-state index contributed by atoms with van der Waals surface area (Å²) in [6.07, 6.45) is 0.446. The third-order valence-corrected chi connectivity index (χ3v) is 7.04. The summed E-state index contributed by atoms with van der Waals surface area (Å²) in [6, 6.07) is 9.12. The first-order valence-corrected chi connectivity index (χ1v) is 12.7. The molecule has 188 valence electrons. The fourth-order valence-corrected chi connectivity index (χ4v) is 4.78. The van der Waals surface area contributed by atoms with Gasteiger partial charge in [-0.15, -0.1) is 0 Å². The number of fused-ring (bicyclic) bond motifs is 7. The molecule has 1 saturated heterocycles. The van der Waals surface area contributed by atoms with Gasteiger partial charge in [0.05, 0.1) is 33.1 Å². The molecular formula is C23H27N3O8S. The van der Waals surface area contributed by atoms with Gasteiger partial charge in [-0.05, 0) is 35.9 Å². The third kappa shape index (κ3) is 5.60. The first-order valence-electron chi connectivity index (χ1n) is 10.8. The highest BCUT2D eigenvalue weighted by Gasteiger charge is 2.40. The maximum Gasteiger partial charge on any atom is 0.258 e. The standard InChI is InChI=1S/C23H27N3O8S/c1-31-17-7-5-15-9-20(17)33-13-22(27)24-10-14-4-6-18(19(8-14)32-2)34-21-12-26(35(3,29)30)11-16(21)25-23(15)28/h4-9,16,21H,10-13H2,1-3H3,(H,24,27)(H,25,28)/t16-,21-/m0/s1. The molecule has 11 nitrogen and oxygen atoms in total. The van der Waals surface area contributed by atoms with Gasteiger partial charge in [0.1, 0.15) is 6.10 Å². The molecule has 2 N–H and O–H groups in total. The molecule has 2 aromatic carbocycles. The minimum Gasteiger partial charge on any atom is -0.493 e. The number of amides is 2. The van der Waals surface area contributed by atoms with Gasteiger partial charge in [-0.1, -0.05) is 6.07 Å². The summed E-state index contributed by atoms with van der Waals surface area (Å²) in [5.74, 6) is 0.571. The van der Waals surface area contributed by atoms with E-state index in [4.69, 9.17) is 18.9 Å². The largest absolute Gasteiger partial charge is 0.493 e. The second-order valence-corrected chi connectivity index (χ2v) is 10.2. The molecule has 0 aliphatic carbocycles. The van der Waals surface area contributed by atoms with Crippen molar-refractivity contribution in [2.45, 2.75) is 18.7 Å². The van der Waals surface area contributed by atoms with Gasteiger partial charge in [0.2, 0.25) is 10.0 Å². The molecule has 2 aromatic rings. The van der Waals surface area contributed by atoms with Crippen LogP contribution in [0.25, 0.3) is 0 Å². The van der Waals surface area contributed by atoms with Gasteiger partial charge < -0.3 is 29.6 Å². The van der Waals surface area contributed by atoms with Crippen LogP contribution in [0.3, 0.4) is 0 Å². The zero-order chi connectivity index (χ0) is 25.2. The lowest BCUT2D eigenvalue weighted by Crippen LogP contribution is -2.45. The van der Waals surface area contributed by atoms with Crippen LogP contribution in [0.2, 0.25) is 0 Å². The number of benzene rings is 2. The minimum absolute atomic E-state index is 0.0492. The van der Waals surface area contributed by atoms with E-state index < -0.39 is 28.1 Å². The number of ether oxygens (including phenoxy) is 4. The van der Waals surface area contributed by atoms with Crippen molar-refractivity contribution in [3.63, 3.8) is 0 Å². The van der Waals surface area contributed by atoms with Gasteiger partial charge in [0, 0.05) is 18.7 Å². The molecule has 2 atom stereocenters. The lowest BCUT2D eigenvalue weighted by atomic mass is 10.1. The van der Waals surface area contributed by atoms with E-state index in [9.17, 15) is 18.0 Å². The quantitative estimate of drug-likeness (QED) is 0.618. The SMILES string of the molecule is COc1ccc2cc1OCC(=O)NCc1ccc(c(OC)c1)O[C@H]1CN(S(C)(=O)=O)C[C@@H]1NC2=O. The predicted octanol–water partition coefficient (Wildman–Crippen LogP) is 0.534. The fraction of sp³-hybridized carbons (Fsp3) is 0.391. The van der Waals surface area contributed by atoms with E-state index in [1.165, 1.54) is 24.6 Å². The average Bonchev–Trinajstić information content (AvgIpc) is 3.24. The van der Waals surface area contributed by atoms with Gasteiger partial charge >= 0.3 is 0 Å². The maximum atomic E-state index is 13.1. The Kier molecular flexibility index (Phi) is 7.03.